The molecule has 8 atom stereocenters. The first-order chi connectivity index (χ1) is 14.1. The normalized spacial score (nSPS) is 48.0. The lowest BCUT2D eigenvalue weighted by Crippen LogP contribution is -2.55. The van der Waals surface area contributed by atoms with Crippen LogP contribution in [0.2, 0.25) is 0 Å². The molecule has 4 aliphatic rings. The molecule has 0 aliphatic heterocycles. The van der Waals surface area contributed by atoms with Crippen LogP contribution in [0.5, 0.6) is 0 Å². The van der Waals surface area contributed by atoms with Crippen molar-refractivity contribution in [3.8, 4) is 0 Å². The molecule has 30 heavy (non-hydrogen) atoms. The van der Waals surface area contributed by atoms with Gasteiger partial charge in [0.1, 0.15) is 6.54 Å². The summed E-state index contributed by atoms with van der Waals surface area (Å²) in [5, 5.41) is 22.8. The van der Waals surface area contributed by atoms with Crippen LogP contribution in [0.1, 0.15) is 84.4 Å². The summed E-state index contributed by atoms with van der Waals surface area (Å²) in [6, 6.07) is 0. The average molecular weight is 415 g/mol. The summed E-state index contributed by atoms with van der Waals surface area (Å²) in [6.07, 6.45) is 10.2. The average Bonchev–Trinajstić information content (AvgIpc) is 3.24. The van der Waals surface area contributed by atoms with Gasteiger partial charge in [-0.1, -0.05) is 13.8 Å². The number of nitrogens with zero attached hydrogens (tertiary/aromatic N) is 4. The number of Topliss-reactive ketones (excluding diaryl/α,β-unsaturated/α-hetero) is 1. The highest BCUT2D eigenvalue weighted by atomic mass is 16.3. The molecule has 4 saturated carbocycles. The van der Waals surface area contributed by atoms with Gasteiger partial charge in [-0.05, 0) is 111 Å². The Morgan fingerprint density at radius 3 is 2.53 bits per heavy atom. The van der Waals surface area contributed by atoms with E-state index in [2.05, 4.69) is 29.3 Å². The van der Waals surface area contributed by atoms with E-state index in [1.807, 2.05) is 13.8 Å². The number of hydrogen-bond donors (Lipinski definition) is 1. The Labute approximate surface area is 180 Å². The van der Waals surface area contributed by atoms with E-state index in [0.717, 1.165) is 43.9 Å². The van der Waals surface area contributed by atoms with Gasteiger partial charge in [0.05, 0.1) is 5.60 Å². The van der Waals surface area contributed by atoms with Crippen LogP contribution in [0.15, 0.2) is 0 Å². The molecule has 166 valence electrons. The third-order valence-electron chi connectivity index (χ3n) is 10.2. The van der Waals surface area contributed by atoms with Crippen molar-refractivity contribution in [2.24, 2.45) is 40.4 Å². The van der Waals surface area contributed by atoms with Gasteiger partial charge in [0, 0.05) is 5.92 Å². The van der Waals surface area contributed by atoms with Gasteiger partial charge in [-0.2, -0.15) is 4.80 Å². The quantitative estimate of drug-likeness (QED) is 0.810. The molecule has 1 heterocycles. The van der Waals surface area contributed by atoms with Gasteiger partial charge in [-0.15, -0.1) is 10.2 Å². The van der Waals surface area contributed by atoms with Gasteiger partial charge >= 0.3 is 0 Å². The molecule has 0 saturated heterocycles. The smallest absolute Gasteiger partial charge is 0.171 e. The van der Waals surface area contributed by atoms with Crippen LogP contribution >= 0.6 is 0 Å². The van der Waals surface area contributed by atoms with E-state index in [9.17, 15) is 9.90 Å². The number of carbonyl (C=O) groups excluding carboxylic acids is 1. The zero-order valence-electron chi connectivity index (χ0n) is 19.1. The number of aliphatic hydroxyl groups is 1. The van der Waals surface area contributed by atoms with Crippen molar-refractivity contribution in [2.45, 2.75) is 97.6 Å². The minimum absolute atomic E-state index is 0.122. The van der Waals surface area contributed by atoms with E-state index >= 15 is 0 Å². The van der Waals surface area contributed by atoms with Crippen LogP contribution in [-0.4, -0.2) is 36.7 Å². The summed E-state index contributed by atoms with van der Waals surface area (Å²) < 4.78 is 0. The molecule has 6 nitrogen and oxygen atoms in total. The maximum Gasteiger partial charge on any atom is 0.171 e. The van der Waals surface area contributed by atoms with Crippen molar-refractivity contribution >= 4 is 5.78 Å². The minimum atomic E-state index is -0.473. The molecule has 0 spiro atoms. The summed E-state index contributed by atoms with van der Waals surface area (Å²) in [4.78, 5) is 14.7. The lowest BCUT2D eigenvalue weighted by molar-refractivity contribution is -0.151. The fraction of sp³-hybridized carbons (Fsp3) is 0.917. The fourth-order valence-electron chi connectivity index (χ4n) is 8.60. The molecule has 1 aromatic rings. The molecule has 1 N–H and O–H groups in total. The van der Waals surface area contributed by atoms with Crippen molar-refractivity contribution in [2.75, 3.05) is 0 Å². The Morgan fingerprint density at radius 1 is 1.03 bits per heavy atom. The molecule has 0 bridgehead atoms. The summed E-state index contributed by atoms with van der Waals surface area (Å²) in [5.41, 5.74) is 0.0206. The van der Waals surface area contributed by atoms with E-state index < -0.39 is 5.60 Å². The van der Waals surface area contributed by atoms with Crippen molar-refractivity contribution < 1.29 is 9.90 Å². The molecule has 0 radical (unpaired) electrons. The molecule has 1 aromatic heterocycles. The van der Waals surface area contributed by atoms with Crippen LogP contribution in [-0.2, 0) is 11.3 Å². The lowest BCUT2D eigenvalue weighted by atomic mass is 9.44. The molecular weight excluding hydrogens is 376 g/mol. The molecule has 0 amide bonds. The Hall–Kier alpha value is -1.30. The number of hydrogen-bond acceptors (Lipinski definition) is 5. The second-order valence-corrected chi connectivity index (χ2v) is 11.9. The van der Waals surface area contributed by atoms with Crippen LogP contribution in [0.25, 0.3) is 0 Å². The predicted octanol–water partition coefficient (Wildman–Crippen LogP) is 3.96. The Kier molecular flexibility index (Phi) is 4.70. The second-order valence-electron chi connectivity index (χ2n) is 11.9. The van der Waals surface area contributed by atoms with Gasteiger partial charge in [0.2, 0.25) is 0 Å². The van der Waals surface area contributed by atoms with E-state index in [0.29, 0.717) is 28.9 Å². The van der Waals surface area contributed by atoms with Gasteiger partial charge < -0.3 is 5.11 Å². The first-order valence-electron chi connectivity index (χ1n) is 12.1. The lowest BCUT2D eigenvalue weighted by Gasteiger charge is -2.61. The summed E-state index contributed by atoms with van der Waals surface area (Å²) >= 11 is 0. The first-order valence-corrected chi connectivity index (χ1v) is 12.1. The maximum atomic E-state index is 13.3. The first kappa shape index (κ1) is 20.6. The molecule has 5 rings (SSSR count). The Bertz CT molecular complexity index is 835. The minimum Gasteiger partial charge on any atom is -0.390 e. The van der Waals surface area contributed by atoms with E-state index in [4.69, 9.17) is 0 Å². The molecule has 0 aromatic carbocycles. The number of rotatable bonds is 3. The Morgan fingerprint density at radius 2 is 1.80 bits per heavy atom. The van der Waals surface area contributed by atoms with Gasteiger partial charge in [-0.3, -0.25) is 4.79 Å². The van der Waals surface area contributed by atoms with Crippen LogP contribution in [0.4, 0.5) is 0 Å². The van der Waals surface area contributed by atoms with Crippen LogP contribution in [0.3, 0.4) is 0 Å². The Balaban J connectivity index is 1.34. The number of ketones is 1. The van der Waals surface area contributed by atoms with E-state index in [1.54, 1.807) is 0 Å². The summed E-state index contributed by atoms with van der Waals surface area (Å²) in [5.74, 6) is 3.88. The highest BCUT2D eigenvalue weighted by Gasteiger charge is 2.61. The van der Waals surface area contributed by atoms with Crippen molar-refractivity contribution in [1.29, 1.82) is 0 Å². The number of aryl methyl sites for hydroxylation is 1. The zero-order chi connectivity index (χ0) is 21.3. The molecule has 4 aliphatic carbocycles. The van der Waals surface area contributed by atoms with Crippen molar-refractivity contribution in [3.63, 3.8) is 0 Å². The number of carbonyl (C=O) groups is 1. The predicted molar refractivity (Wildman–Crippen MR) is 113 cm³/mol. The fourth-order valence-corrected chi connectivity index (χ4v) is 8.60. The van der Waals surface area contributed by atoms with Gasteiger partial charge in [0.25, 0.3) is 0 Å². The number of aromatic nitrogens is 4. The topological polar surface area (TPSA) is 80.9 Å². The number of fused-ring (bicyclic) bond motifs is 5. The number of tetrazole rings is 1. The molecule has 4 fully saturated rings. The summed E-state index contributed by atoms with van der Waals surface area (Å²) in [6.45, 7) is 9.04. The monoisotopic (exact) mass is 414 g/mol. The zero-order valence-corrected chi connectivity index (χ0v) is 19.1. The standard InChI is InChI=1S/C24H38N4O2/c1-15-25-27-28(26-15)14-21(29)20-8-7-18-17-6-5-16-13-22(2,30)11-12-23(16,3)19(17)9-10-24(18,20)4/h16-20,30H,5-14H2,1-4H3/t16-,17+,18+,19+,20-,22-,23+,24+/m1/s1. The van der Waals surface area contributed by atoms with Gasteiger partial charge in [-0.25, -0.2) is 0 Å². The highest BCUT2D eigenvalue weighted by Crippen LogP contribution is 2.68. The maximum absolute atomic E-state index is 13.3. The molecule has 0 unspecified atom stereocenters. The van der Waals surface area contributed by atoms with E-state index in [1.165, 1.54) is 30.5 Å². The van der Waals surface area contributed by atoms with Crippen molar-refractivity contribution in [1.82, 2.24) is 20.2 Å². The third-order valence-corrected chi connectivity index (χ3v) is 10.2. The molecule has 6 heteroatoms. The van der Waals surface area contributed by atoms with E-state index in [-0.39, 0.29) is 17.9 Å². The summed E-state index contributed by atoms with van der Waals surface area (Å²) in [7, 11) is 0. The molecular formula is C24H38N4O2. The van der Waals surface area contributed by atoms with Crippen LogP contribution in [0, 0.1) is 47.3 Å². The van der Waals surface area contributed by atoms with Gasteiger partial charge in [0.15, 0.2) is 11.6 Å². The largest absolute Gasteiger partial charge is 0.390 e. The second kappa shape index (κ2) is 6.85. The highest BCUT2D eigenvalue weighted by molar-refractivity contribution is 5.81. The SMILES string of the molecule is Cc1nnn(CC(=O)[C@H]2CC[C@H]3[C@@H]4CC[C@@H]5C[C@](C)(O)CC[C@]5(C)[C@H]4CC[C@]23C)n1. The third kappa shape index (κ3) is 3.08. The van der Waals surface area contributed by atoms with Crippen LogP contribution < -0.4 is 0 Å². The van der Waals surface area contributed by atoms with Crippen molar-refractivity contribution in [3.05, 3.63) is 5.82 Å².